The lowest BCUT2D eigenvalue weighted by Gasteiger charge is -2.24. The molecule has 14 nitrogen and oxygen atoms in total. The summed E-state index contributed by atoms with van der Waals surface area (Å²) in [7, 11) is -2.67. The number of amides is 1. The molecule has 2 N–H and O–H groups in total. The molecule has 4 heterocycles. The van der Waals surface area contributed by atoms with Gasteiger partial charge in [0.05, 0.1) is 39.3 Å². The molecule has 0 saturated heterocycles. The summed E-state index contributed by atoms with van der Waals surface area (Å²) < 4.78 is 176. The number of carbonyl (C=O) groups is 1. The average molecular weight is 936 g/mol. The molecule has 3 unspecified atom stereocenters. The minimum Gasteiger partial charge on any atom is -0.471 e. The van der Waals surface area contributed by atoms with Crippen LogP contribution in [0.5, 0.6) is 5.88 Å². The molecule has 26 heteroatoms. The van der Waals surface area contributed by atoms with Crippen LogP contribution in [-0.4, -0.2) is 73.6 Å². The van der Waals surface area contributed by atoms with E-state index in [2.05, 4.69) is 30.2 Å². The first-order valence-electron chi connectivity index (χ1n) is 18.3. The van der Waals surface area contributed by atoms with Crippen LogP contribution in [0.1, 0.15) is 53.1 Å². The Labute approximate surface area is 351 Å². The molecule has 6 aromatic rings. The first kappa shape index (κ1) is 43.7. The maximum absolute atomic E-state index is 15.5. The molecule has 3 atom stereocenters. The summed E-state index contributed by atoms with van der Waals surface area (Å²) in [5.41, 5.74) is -4.35. The van der Waals surface area contributed by atoms with Crippen LogP contribution < -0.4 is 20.3 Å². The van der Waals surface area contributed by atoms with E-state index < -0.39 is 129 Å². The standard InChI is InChI=1S/C37H28ClF10N9O5S/c1-55-28-22(5-4-20(38)26(28)32(53-55)54-63(2,60)61)57-33(51-31-17(34(57)59)3-6-24(50-31)62-13-36(45,46)35(43)44)21(9-14-7-15(39)10-16(40)8-14)49-23(58)12-56-29-25(27(52-56)30(41)42)18-11-19(18)37(29,47)48/h3-8,10,18-19,21,30,35H,9,11-13H2,1-2H3,(H,49,58)(H,53,54). The van der Waals surface area contributed by atoms with Gasteiger partial charge in [-0.25, -0.2) is 39.7 Å². The minimum atomic E-state index is -4.64. The van der Waals surface area contributed by atoms with Gasteiger partial charge in [0.25, 0.3) is 17.9 Å². The largest absolute Gasteiger partial charge is 0.471 e. The van der Waals surface area contributed by atoms with Crippen molar-refractivity contribution < 1.29 is 61.9 Å². The fraction of sp³-hybridized carbons (Fsp3) is 0.351. The fourth-order valence-corrected chi connectivity index (χ4v) is 8.49. The van der Waals surface area contributed by atoms with E-state index in [1.807, 2.05) is 0 Å². The molecule has 334 valence electrons. The number of hydrogen-bond donors (Lipinski definition) is 2. The first-order chi connectivity index (χ1) is 29.4. The van der Waals surface area contributed by atoms with Crippen LogP contribution in [0.4, 0.5) is 49.7 Å². The molecule has 4 aromatic heterocycles. The number of anilines is 1. The van der Waals surface area contributed by atoms with E-state index in [9.17, 15) is 53.1 Å². The van der Waals surface area contributed by atoms with Crippen molar-refractivity contribution in [3.63, 3.8) is 0 Å². The molecule has 0 radical (unpaired) electrons. The highest BCUT2D eigenvalue weighted by atomic mass is 35.5. The molecule has 0 aliphatic heterocycles. The Kier molecular flexibility index (Phi) is 10.7. The second-order valence-corrected chi connectivity index (χ2v) is 17.1. The van der Waals surface area contributed by atoms with Gasteiger partial charge in [0.1, 0.15) is 35.4 Å². The van der Waals surface area contributed by atoms with Gasteiger partial charge < -0.3 is 10.1 Å². The molecule has 2 aromatic carbocycles. The molecule has 2 aliphatic rings. The molecule has 2 aliphatic carbocycles. The predicted octanol–water partition coefficient (Wildman–Crippen LogP) is 6.69. The number of halogens is 11. The third-order valence-electron chi connectivity index (χ3n) is 10.4. The third-order valence-corrected chi connectivity index (χ3v) is 11.3. The van der Waals surface area contributed by atoms with Crippen LogP contribution in [-0.2, 0) is 40.8 Å². The monoisotopic (exact) mass is 935 g/mol. The number of alkyl halides is 8. The van der Waals surface area contributed by atoms with Gasteiger partial charge in [-0.1, -0.05) is 11.6 Å². The summed E-state index contributed by atoms with van der Waals surface area (Å²) in [6, 6.07) is 4.77. The van der Waals surface area contributed by atoms with Crippen LogP contribution in [0.3, 0.4) is 0 Å². The Balaban J connectivity index is 1.33. The highest BCUT2D eigenvalue weighted by Gasteiger charge is 2.67. The van der Waals surface area contributed by atoms with Crippen LogP contribution in [0.25, 0.3) is 27.6 Å². The topological polar surface area (TPSA) is 168 Å². The normalized spacial score (nSPS) is 17.4. The maximum Gasteiger partial charge on any atom is 0.340 e. The molecule has 63 heavy (non-hydrogen) atoms. The summed E-state index contributed by atoms with van der Waals surface area (Å²) in [5, 5.41) is 9.71. The lowest BCUT2D eigenvalue weighted by atomic mass is 10.0. The second-order valence-electron chi connectivity index (χ2n) is 14.9. The summed E-state index contributed by atoms with van der Waals surface area (Å²) >= 11 is 6.52. The molecular weight excluding hydrogens is 908 g/mol. The van der Waals surface area contributed by atoms with E-state index in [1.165, 1.54) is 19.2 Å². The fourth-order valence-electron chi connectivity index (χ4n) is 7.76. The van der Waals surface area contributed by atoms with E-state index in [0.29, 0.717) is 10.7 Å². The van der Waals surface area contributed by atoms with Gasteiger partial charge in [-0.3, -0.25) is 28.2 Å². The van der Waals surface area contributed by atoms with Gasteiger partial charge in [0.2, 0.25) is 21.8 Å². The van der Waals surface area contributed by atoms with E-state index in [4.69, 9.17) is 16.3 Å². The Bertz CT molecular complexity index is 3020. The number of aryl methyl sites for hydroxylation is 1. The van der Waals surface area contributed by atoms with Gasteiger partial charge in [-0.05, 0) is 48.2 Å². The molecular formula is C37H28ClF10N9O5S. The maximum atomic E-state index is 15.5. The second kappa shape index (κ2) is 15.4. The Morgan fingerprint density at radius 1 is 1.05 bits per heavy atom. The van der Waals surface area contributed by atoms with Crippen molar-refractivity contribution in [3.05, 3.63) is 97.8 Å². The lowest BCUT2D eigenvalue weighted by molar-refractivity contribution is -0.148. The van der Waals surface area contributed by atoms with E-state index in [0.717, 1.165) is 39.8 Å². The highest BCUT2D eigenvalue weighted by Crippen LogP contribution is 2.68. The molecule has 0 spiro atoms. The molecule has 0 bridgehead atoms. The molecule has 1 fully saturated rings. The van der Waals surface area contributed by atoms with Gasteiger partial charge in [0.15, 0.2) is 18.1 Å². The Hall–Kier alpha value is -5.98. The quantitative estimate of drug-likeness (QED) is 0.113. The summed E-state index contributed by atoms with van der Waals surface area (Å²) in [4.78, 5) is 37.1. The number of pyridine rings is 1. The van der Waals surface area contributed by atoms with Gasteiger partial charge in [-0.15, -0.1) is 0 Å². The number of aromatic nitrogens is 7. The van der Waals surface area contributed by atoms with Crippen LogP contribution >= 0.6 is 11.6 Å². The molecule has 8 rings (SSSR count). The summed E-state index contributed by atoms with van der Waals surface area (Å²) in [5.74, 6) is -15.5. The number of fused-ring (bicyclic) bond motifs is 5. The molecule has 1 amide bonds. The minimum absolute atomic E-state index is 0.0606. The summed E-state index contributed by atoms with van der Waals surface area (Å²) in [6.07, 6.45) is -7.35. The van der Waals surface area contributed by atoms with Crippen molar-refractivity contribution in [2.75, 3.05) is 17.6 Å². The number of rotatable bonds is 14. The van der Waals surface area contributed by atoms with Crippen molar-refractivity contribution in [1.29, 1.82) is 0 Å². The van der Waals surface area contributed by atoms with Gasteiger partial charge in [-0.2, -0.15) is 32.7 Å². The number of nitrogens with zero attached hydrogens (tertiary/aromatic N) is 7. The van der Waals surface area contributed by atoms with Crippen molar-refractivity contribution in [2.45, 2.75) is 56.0 Å². The SMILES string of the molecule is Cn1nc(NS(C)(=O)=O)c2c(Cl)ccc(-n3c(C(Cc4cc(F)cc(F)c4)NC(=O)Cn4nc(C(F)F)c5c4C(F)(F)C4CC54)nc4nc(OCC(F)(F)C(F)F)ccc4c3=O)c21. The van der Waals surface area contributed by atoms with E-state index in [1.54, 1.807) is 0 Å². The smallest absolute Gasteiger partial charge is 0.340 e. The molecule has 1 saturated carbocycles. The number of benzene rings is 2. The number of sulfonamides is 1. The van der Waals surface area contributed by atoms with Gasteiger partial charge >= 0.3 is 12.3 Å². The van der Waals surface area contributed by atoms with Crippen LogP contribution in [0, 0.1) is 17.6 Å². The average Bonchev–Trinajstić information content (AvgIpc) is 3.72. The first-order valence-corrected chi connectivity index (χ1v) is 20.6. The number of ether oxygens (including phenoxy) is 1. The van der Waals surface area contributed by atoms with Crippen molar-refractivity contribution in [1.82, 2.24) is 39.4 Å². The zero-order chi connectivity index (χ0) is 45.7. The van der Waals surface area contributed by atoms with Crippen molar-refractivity contribution >= 4 is 55.3 Å². The summed E-state index contributed by atoms with van der Waals surface area (Å²) in [6.45, 7) is -2.99. The zero-order valence-electron chi connectivity index (χ0n) is 32.0. The zero-order valence-corrected chi connectivity index (χ0v) is 33.6. The Morgan fingerprint density at radius 2 is 1.75 bits per heavy atom. The van der Waals surface area contributed by atoms with Gasteiger partial charge in [0, 0.05) is 37.1 Å². The number of carbonyl (C=O) groups excluding carboxylic acids is 1. The van der Waals surface area contributed by atoms with Crippen molar-refractivity contribution in [2.24, 2.45) is 13.0 Å². The number of nitrogens with one attached hydrogen (secondary N) is 2. The number of hydrogen-bond acceptors (Lipinski definition) is 9. The lowest BCUT2D eigenvalue weighted by Crippen LogP contribution is -2.38. The van der Waals surface area contributed by atoms with Crippen LogP contribution in [0.15, 0.2) is 47.3 Å². The third kappa shape index (κ3) is 7.99. The predicted molar refractivity (Wildman–Crippen MR) is 202 cm³/mol. The van der Waals surface area contributed by atoms with E-state index >= 15 is 8.78 Å². The highest BCUT2D eigenvalue weighted by molar-refractivity contribution is 7.92. The van der Waals surface area contributed by atoms with Crippen LogP contribution in [0.2, 0.25) is 5.02 Å². The Morgan fingerprint density at radius 3 is 2.40 bits per heavy atom. The van der Waals surface area contributed by atoms with E-state index in [-0.39, 0.29) is 45.0 Å². The van der Waals surface area contributed by atoms with Crippen molar-refractivity contribution in [3.8, 4) is 11.6 Å².